The molecule has 0 aliphatic heterocycles. The first-order chi connectivity index (χ1) is 7.87. The van der Waals surface area contributed by atoms with Crippen LogP contribution in [-0.2, 0) is 5.60 Å². The summed E-state index contributed by atoms with van der Waals surface area (Å²) in [6.07, 6.45) is 2.82. The van der Waals surface area contributed by atoms with Crippen LogP contribution in [0, 0.1) is 5.41 Å². The van der Waals surface area contributed by atoms with Crippen molar-refractivity contribution in [2.75, 3.05) is 6.54 Å². The second kappa shape index (κ2) is 5.65. The van der Waals surface area contributed by atoms with Gasteiger partial charge in [-0.1, -0.05) is 51.1 Å². The molecule has 2 heteroatoms. The molecule has 0 amide bonds. The van der Waals surface area contributed by atoms with Gasteiger partial charge in [0.15, 0.2) is 0 Å². The lowest BCUT2D eigenvalue weighted by Gasteiger charge is -2.28. The van der Waals surface area contributed by atoms with Crippen molar-refractivity contribution < 1.29 is 5.11 Å². The van der Waals surface area contributed by atoms with E-state index in [0.29, 0.717) is 5.41 Å². The van der Waals surface area contributed by atoms with Crippen LogP contribution in [-0.4, -0.2) is 11.7 Å². The van der Waals surface area contributed by atoms with Gasteiger partial charge in [-0.15, -0.1) is 0 Å². The maximum Gasteiger partial charge on any atom is 0.102 e. The third kappa shape index (κ3) is 4.49. The number of rotatable bonds is 5. The number of hydrogen-bond acceptors (Lipinski definition) is 2. The van der Waals surface area contributed by atoms with Gasteiger partial charge >= 0.3 is 0 Å². The average Bonchev–Trinajstić information content (AvgIpc) is 2.28. The van der Waals surface area contributed by atoms with Crippen molar-refractivity contribution >= 4 is 0 Å². The Morgan fingerprint density at radius 3 is 2.12 bits per heavy atom. The van der Waals surface area contributed by atoms with Crippen LogP contribution in [0.4, 0.5) is 0 Å². The predicted molar refractivity (Wildman–Crippen MR) is 72.7 cm³/mol. The number of aliphatic hydroxyl groups is 1. The molecule has 0 heterocycles. The Morgan fingerprint density at radius 1 is 1.06 bits per heavy atom. The minimum Gasteiger partial charge on any atom is -0.384 e. The van der Waals surface area contributed by atoms with E-state index in [1.54, 1.807) is 0 Å². The molecule has 0 spiro atoms. The van der Waals surface area contributed by atoms with Crippen LogP contribution in [0.15, 0.2) is 30.3 Å². The fourth-order valence-electron chi connectivity index (χ4n) is 2.02. The number of hydrogen-bond donors (Lipinski definition) is 2. The van der Waals surface area contributed by atoms with Gasteiger partial charge in [0.2, 0.25) is 0 Å². The molecule has 1 aromatic carbocycles. The molecule has 0 saturated heterocycles. The van der Waals surface area contributed by atoms with Crippen molar-refractivity contribution in [2.24, 2.45) is 11.1 Å². The Labute approximate surface area is 105 Å². The van der Waals surface area contributed by atoms with Crippen LogP contribution in [0.25, 0.3) is 0 Å². The van der Waals surface area contributed by atoms with E-state index in [2.05, 4.69) is 20.8 Å². The van der Waals surface area contributed by atoms with Crippen LogP contribution in [0.1, 0.15) is 45.6 Å². The fraction of sp³-hybridized carbons (Fsp3) is 0.600. The van der Waals surface area contributed by atoms with Crippen molar-refractivity contribution in [3.05, 3.63) is 35.9 Å². The van der Waals surface area contributed by atoms with Crippen molar-refractivity contribution in [1.82, 2.24) is 0 Å². The van der Waals surface area contributed by atoms with Crippen LogP contribution in [0.2, 0.25) is 0 Å². The standard InChI is InChI=1S/C15H25NO/c1-14(2,3)10-7-11-15(17,12-16)13-8-5-4-6-9-13/h4-6,8-9,17H,7,10-12,16H2,1-3H3. The smallest absolute Gasteiger partial charge is 0.102 e. The van der Waals surface area contributed by atoms with E-state index in [1.807, 2.05) is 30.3 Å². The van der Waals surface area contributed by atoms with Crippen LogP contribution < -0.4 is 5.73 Å². The van der Waals surface area contributed by atoms with E-state index in [0.717, 1.165) is 24.8 Å². The Balaban J connectivity index is 2.64. The Kier molecular flexibility index (Phi) is 4.72. The highest BCUT2D eigenvalue weighted by Crippen LogP contribution is 2.29. The monoisotopic (exact) mass is 235 g/mol. The highest BCUT2D eigenvalue weighted by Gasteiger charge is 2.27. The van der Waals surface area contributed by atoms with Gasteiger partial charge in [-0.05, 0) is 30.2 Å². The molecule has 0 aliphatic rings. The maximum atomic E-state index is 10.6. The van der Waals surface area contributed by atoms with E-state index >= 15 is 0 Å². The molecular formula is C15H25NO. The number of benzene rings is 1. The van der Waals surface area contributed by atoms with Gasteiger partial charge in [0, 0.05) is 6.54 Å². The molecule has 17 heavy (non-hydrogen) atoms. The first-order valence-corrected chi connectivity index (χ1v) is 6.35. The van der Waals surface area contributed by atoms with Gasteiger partial charge in [-0.25, -0.2) is 0 Å². The molecule has 2 nitrogen and oxygen atoms in total. The summed E-state index contributed by atoms with van der Waals surface area (Å²) in [5.74, 6) is 0. The molecule has 0 aliphatic carbocycles. The molecule has 0 fully saturated rings. The molecule has 0 radical (unpaired) electrons. The molecule has 1 rings (SSSR count). The third-order valence-corrected chi connectivity index (χ3v) is 3.17. The molecule has 1 unspecified atom stereocenters. The predicted octanol–water partition coefficient (Wildman–Crippen LogP) is 3.05. The van der Waals surface area contributed by atoms with Crippen molar-refractivity contribution in [1.29, 1.82) is 0 Å². The normalized spacial score (nSPS) is 15.6. The molecule has 1 aromatic rings. The van der Waals surface area contributed by atoms with E-state index in [9.17, 15) is 5.11 Å². The second-order valence-electron chi connectivity index (χ2n) is 6.02. The quantitative estimate of drug-likeness (QED) is 0.824. The molecule has 0 aromatic heterocycles. The summed E-state index contributed by atoms with van der Waals surface area (Å²) in [4.78, 5) is 0. The number of nitrogens with two attached hydrogens (primary N) is 1. The Morgan fingerprint density at radius 2 is 1.65 bits per heavy atom. The van der Waals surface area contributed by atoms with E-state index in [1.165, 1.54) is 0 Å². The fourth-order valence-corrected chi connectivity index (χ4v) is 2.02. The summed E-state index contributed by atoms with van der Waals surface area (Å²) in [6, 6.07) is 9.74. The van der Waals surface area contributed by atoms with Gasteiger partial charge in [-0.3, -0.25) is 0 Å². The SMILES string of the molecule is CC(C)(C)CCCC(O)(CN)c1ccccc1. The van der Waals surface area contributed by atoms with Crippen LogP contribution in [0.3, 0.4) is 0 Å². The largest absolute Gasteiger partial charge is 0.384 e. The first-order valence-electron chi connectivity index (χ1n) is 6.35. The molecule has 96 valence electrons. The molecule has 3 N–H and O–H groups in total. The Bertz CT molecular complexity index is 329. The van der Waals surface area contributed by atoms with Gasteiger partial charge in [0.25, 0.3) is 0 Å². The second-order valence-corrected chi connectivity index (χ2v) is 6.02. The van der Waals surface area contributed by atoms with Crippen molar-refractivity contribution in [3.8, 4) is 0 Å². The molecule has 0 saturated carbocycles. The summed E-state index contributed by atoms with van der Waals surface area (Å²) >= 11 is 0. The molecular weight excluding hydrogens is 210 g/mol. The topological polar surface area (TPSA) is 46.2 Å². The van der Waals surface area contributed by atoms with Gasteiger partial charge in [0.1, 0.15) is 5.60 Å². The van der Waals surface area contributed by atoms with Crippen molar-refractivity contribution in [3.63, 3.8) is 0 Å². The Hall–Kier alpha value is -0.860. The summed E-state index contributed by atoms with van der Waals surface area (Å²) in [5.41, 5.74) is 6.11. The lowest BCUT2D eigenvalue weighted by Crippen LogP contribution is -2.35. The van der Waals surface area contributed by atoms with E-state index in [-0.39, 0.29) is 6.54 Å². The highest BCUT2D eigenvalue weighted by atomic mass is 16.3. The zero-order chi connectivity index (χ0) is 12.9. The lowest BCUT2D eigenvalue weighted by molar-refractivity contribution is 0.0317. The minimum absolute atomic E-state index is 0.279. The maximum absolute atomic E-state index is 10.6. The molecule has 0 bridgehead atoms. The lowest BCUT2D eigenvalue weighted by atomic mass is 9.84. The summed E-state index contributed by atoms with van der Waals surface area (Å²) in [7, 11) is 0. The van der Waals surface area contributed by atoms with Crippen LogP contribution in [0.5, 0.6) is 0 Å². The zero-order valence-corrected chi connectivity index (χ0v) is 11.2. The van der Waals surface area contributed by atoms with Gasteiger partial charge in [-0.2, -0.15) is 0 Å². The highest BCUT2D eigenvalue weighted by molar-refractivity contribution is 5.22. The summed E-state index contributed by atoms with van der Waals surface area (Å²) in [6.45, 7) is 6.94. The first kappa shape index (κ1) is 14.2. The van der Waals surface area contributed by atoms with E-state index < -0.39 is 5.60 Å². The van der Waals surface area contributed by atoms with Crippen LogP contribution >= 0.6 is 0 Å². The third-order valence-electron chi connectivity index (χ3n) is 3.17. The summed E-state index contributed by atoms with van der Waals surface area (Å²) < 4.78 is 0. The average molecular weight is 235 g/mol. The zero-order valence-electron chi connectivity index (χ0n) is 11.2. The van der Waals surface area contributed by atoms with Crippen molar-refractivity contribution in [2.45, 2.75) is 45.6 Å². The van der Waals surface area contributed by atoms with E-state index in [4.69, 9.17) is 5.73 Å². The van der Waals surface area contributed by atoms with Gasteiger partial charge in [0.05, 0.1) is 0 Å². The molecule has 1 atom stereocenters. The minimum atomic E-state index is -0.869. The van der Waals surface area contributed by atoms with Gasteiger partial charge < -0.3 is 10.8 Å². The summed E-state index contributed by atoms with van der Waals surface area (Å²) in [5, 5.41) is 10.6.